The molecule has 1 aliphatic heterocycles. The lowest BCUT2D eigenvalue weighted by Crippen LogP contribution is -2.08. The monoisotopic (exact) mass is 283 g/mol. The fourth-order valence-corrected chi connectivity index (χ4v) is 2.34. The Morgan fingerprint density at radius 2 is 1.67 bits per heavy atom. The lowest BCUT2D eigenvalue weighted by Gasteiger charge is -2.17. The molecule has 112 valence electrons. The van der Waals surface area contributed by atoms with E-state index in [1.807, 2.05) is 6.92 Å². The van der Waals surface area contributed by atoms with Crippen LogP contribution in [0.3, 0.4) is 0 Å². The Morgan fingerprint density at radius 1 is 1.00 bits per heavy atom. The summed E-state index contributed by atoms with van der Waals surface area (Å²) in [5.74, 6) is 2.04. The van der Waals surface area contributed by atoms with Crippen LogP contribution in [-0.4, -0.2) is 14.1 Å². The van der Waals surface area contributed by atoms with Gasteiger partial charge in [-0.15, -0.1) is 0 Å². The van der Waals surface area contributed by atoms with E-state index in [9.17, 15) is 0 Å². The first-order chi connectivity index (χ1) is 9.95. The van der Waals surface area contributed by atoms with E-state index in [4.69, 9.17) is 4.74 Å². The van der Waals surface area contributed by atoms with Crippen LogP contribution >= 0.6 is 0 Å². The van der Waals surface area contributed by atoms with Gasteiger partial charge in [-0.3, -0.25) is 0 Å². The van der Waals surface area contributed by atoms with Crippen LogP contribution in [0.1, 0.15) is 32.8 Å². The molecule has 0 saturated carbocycles. The summed E-state index contributed by atoms with van der Waals surface area (Å²) in [6.07, 6.45) is 6.20. The van der Waals surface area contributed by atoms with Gasteiger partial charge >= 0.3 is 0 Å². The SMILES string of the molecule is CC1=CC(=C(C)C)C=C(CCc2ccc(N(C)C)cc2)O1. The van der Waals surface area contributed by atoms with E-state index in [1.165, 1.54) is 22.4 Å². The summed E-state index contributed by atoms with van der Waals surface area (Å²) in [4.78, 5) is 2.12. The lowest BCUT2D eigenvalue weighted by atomic mass is 10.0. The van der Waals surface area contributed by atoms with Crippen molar-refractivity contribution in [3.8, 4) is 0 Å². The molecule has 0 saturated heterocycles. The number of nitrogens with zero attached hydrogens (tertiary/aromatic N) is 1. The molecule has 0 amide bonds. The number of allylic oxidation sites excluding steroid dienone is 6. The Balaban J connectivity index is 2.01. The van der Waals surface area contributed by atoms with Gasteiger partial charge in [-0.05, 0) is 62.6 Å². The van der Waals surface area contributed by atoms with Crippen molar-refractivity contribution < 1.29 is 4.74 Å². The molecule has 0 fully saturated rings. The van der Waals surface area contributed by atoms with Crippen molar-refractivity contribution >= 4 is 5.69 Å². The fraction of sp³-hybridized carbons (Fsp3) is 0.368. The first kappa shape index (κ1) is 15.4. The smallest absolute Gasteiger partial charge is 0.104 e. The number of anilines is 1. The highest BCUT2D eigenvalue weighted by Gasteiger charge is 2.09. The molecule has 1 heterocycles. The van der Waals surface area contributed by atoms with E-state index in [1.54, 1.807) is 0 Å². The molecule has 0 radical (unpaired) electrons. The molecule has 0 atom stereocenters. The van der Waals surface area contributed by atoms with Crippen LogP contribution in [0.5, 0.6) is 0 Å². The topological polar surface area (TPSA) is 12.5 Å². The number of hydrogen-bond acceptors (Lipinski definition) is 2. The summed E-state index contributed by atoms with van der Waals surface area (Å²) < 4.78 is 5.83. The highest BCUT2D eigenvalue weighted by atomic mass is 16.5. The second-order valence-electron chi connectivity index (χ2n) is 5.98. The summed E-state index contributed by atoms with van der Waals surface area (Å²) in [6, 6.07) is 8.72. The molecule has 1 aliphatic rings. The molecular weight excluding hydrogens is 258 g/mol. The van der Waals surface area contributed by atoms with Gasteiger partial charge in [0.15, 0.2) is 0 Å². The van der Waals surface area contributed by atoms with Gasteiger partial charge in [0.25, 0.3) is 0 Å². The molecule has 0 aliphatic carbocycles. The Hall–Kier alpha value is -1.96. The molecular formula is C19H25NO. The summed E-state index contributed by atoms with van der Waals surface area (Å²) in [6.45, 7) is 6.29. The van der Waals surface area contributed by atoms with Crippen molar-refractivity contribution in [3.63, 3.8) is 0 Å². The lowest BCUT2D eigenvalue weighted by molar-refractivity contribution is 0.287. The Morgan fingerprint density at radius 3 is 2.24 bits per heavy atom. The number of aryl methyl sites for hydroxylation is 1. The highest BCUT2D eigenvalue weighted by molar-refractivity contribution is 5.46. The van der Waals surface area contributed by atoms with Gasteiger partial charge in [0.05, 0.1) is 0 Å². The van der Waals surface area contributed by atoms with Gasteiger partial charge < -0.3 is 9.64 Å². The number of benzene rings is 1. The van der Waals surface area contributed by atoms with E-state index in [2.05, 4.69) is 69.3 Å². The van der Waals surface area contributed by atoms with E-state index >= 15 is 0 Å². The summed E-state index contributed by atoms with van der Waals surface area (Å²) in [7, 11) is 4.12. The van der Waals surface area contributed by atoms with Crippen molar-refractivity contribution in [1.82, 2.24) is 0 Å². The largest absolute Gasteiger partial charge is 0.466 e. The van der Waals surface area contributed by atoms with Crippen molar-refractivity contribution in [2.24, 2.45) is 0 Å². The number of rotatable bonds is 4. The molecule has 2 heteroatoms. The van der Waals surface area contributed by atoms with Gasteiger partial charge in [0.1, 0.15) is 11.5 Å². The Kier molecular flexibility index (Phi) is 4.89. The average molecular weight is 283 g/mol. The number of ether oxygens (including phenoxy) is 1. The zero-order valence-electron chi connectivity index (χ0n) is 13.7. The van der Waals surface area contributed by atoms with E-state index in [0.29, 0.717) is 0 Å². The van der Waals surface area contributed by atoms with Crippen molar-refractivity contribution in [2.45, 2.75) is 33.6 Å². The molecule has 0 bridgehead atoms. The molecule has 1 aromatic rings. The average Bonchev–Trinajstić information content (AvgIpc) is 2.45. The second-order valence-corrected chi connectivity index (χ2v) is 5.98. The minimum atomic E-state index is 0.934. The maximum atomic E-state index is 5.83. The Labute approximate surface area is 128 Å². The minimum absolute atomic E-state index is 0.934. The summed E-state index contributed by atoms with van der Waals surface area (Å²) in [5.41, 5.74) is 5.18. The van der Waals surface area contributed by atoms with Crippen molar-refractivity contribution in [1.29, 1.82) is 0 Å². The molecule has 21 heavy (non-hydrogen) atoms. The van der Waals surface area contributed by atoms with Crippen LogP contribution < -0.4 is 4.90 Å². The molecule has 0 spiro atoms. The first-order valence-electron chi connectivity index (χ1n) is 7.46. The summed E-state index contributed by atoms with van der Waals surface area (Å²) in [5, 5.41) is 0. The predicted octanol–water partition coefficient (Wildman–Crippen LogP) is 4.84. The van der Waals surface area contributed by atoms with Crippen LogP contribution in [0.4, 0.5) is 5.69 Å². The maximum absolute atomic E-state index is 5.83. The van der Waals surface area contributed by atoms with Gasteiger partial charge in [-0.1, -0.05) is 17.7 Å². The third-order valence-corrected chi connectivity index (χ3v) is 3.66. The highest BCUT2D eigenvalue weighted by Crippen LogP contribution is 2.24. The van der Waals surface area contributed by atoms with Crippen molar-refractivity contribution in [3.05, 3.63) is 64.6 Å². The molecule has 0 unspecified atom stereocenters. The maximum Gasteiger partial charge on any atom is 0.104 e. The van der Waals surface area contributed by atoms with E-state index < -0.39 is 0 Å². The minimum Gasteiger partial charge on any atom is -0.466 e. The third-order valence-electron chi connectivity index (χ3n) is 3.66. The number of hydrogen-bond donors (Lipinski definition) is 0. The van der Waals surface area contributed by atoms with E-state index in [-0.39, 0.29) is 0 Å². The zero-order valence-corrected chi connectivity index (χ0v) is 13.7. The zero-order chi connectivity index (χ0) is 15.4. The quantitative estimate of drug-likeness (QED) is 0.784. The standard InChI is InChI=1S/C19H25NO/c1-14(2)17-12-15(3)21-19(13-17)11-8-16-6-9-18(10-7-16)20(4)5/h6-7,9-10,12-13H,8,11H2,1-5H3. The fourth-order valence-electron chi connectivity index (χ4n) is 2.34. The molecule has 2 nitrogen and oxygen atoms in total. The summed E-state index contributed by atoms with van der Waals surface area (Å²) >= 11 is 0. The molecule has 1 aromatic carbocycles. The van der Waals surface area contributed by atoms with Crippen LogP contribution in [0.25, 0.3) is 0 Å². The van der Waals surface area contributed by atoms with Crippen LogP contribution in [0, 0.1) is 0 Å². The van der Waals surface area contributed by atoms with Crippen LogP contribution in [0.2, 0.25) is 0 Å². The van der Waals surface area contributed by atoms with Gasteiger partial charge in [-0.2, -0.15) is 0 Å². The first-order valence-corrected chi connectivity index (χ1v) is 7.46. The van der Waals surface area contributed by atoms with E-state index in [0.717, 1.165) is 24.4 Å². The van der Waals surface area contributed by atoms with Crippen LogP contribution in [0.15, 0.2) is 59.1 Å². The third kappa shape index (κ3) is 4.25. The normalized spacial score (nSPS) is 14.2. The van der Waals surface area contributed by atoms with Crippen LogP contribution in [-0.2, 0) is 11.2 Å². The second kappa shape index (κ2) is 6.66. The Bertz CT molecular complexity index is 584. The van der Waals surface area contributed by atoms with Gasteiger partial charge in [0, 0.05) is 26.2 Å². The molecule has 0 N–H and O–H groups in total. The molecule has 2 rings (SSSR count). The predicted molar refractivity (Wildman–Crippen MR) is 90.4 cm³/mol. The molecule has 0 aromatic heterocycles. The van der Waals surface area contributed by atoms with Gasteiger partial charge in [0.2, 0.25) is 0 Å². The van der Waals surface area contributed by atoms with Gasteiger partial charge in [-0.25, -0.2) is 0 Å². The van der Waals surface area contributed by atoms with Crippen molar-refractivity contribution in [2.75, 3.05) is 19.0 Å².